The maximum absolute atomic E-state index is 12.9. The molecule has 2 amide bonds. The Bertz CT molecular complexity index is 1110. The summed E-state index contributed by atoms with van der Waals surface area (Å²) in [5.74, 6) is 0.528. The van der Waals surface area contributed by atoms with Gasteiger partial charge in [0.15, 0.2) is 0 Å². The number of pyridine rings is 1. The smallest absolute Gasteiger partial charge is 0.272 e. The molecule has 4 rings (SSSR count). The molecule has 1 aliphatic rings. The van der Waals surface area contributed by atoms with Crippen LogP contribution in [-0.4, -0.2) is 66.4 Å². The number of methoxy groups -OCH3 is 1. The van der Waals surface area contributed by atoms with Crippen LogP contribution in [0, 0.1) is 0 Å². The molecule has 0 spiro atoms. The third-order valence-corrected chi connectivity index (χ3v) is 5.62. The Labute approximate surface area is 185 Å². The topological polar surface area (TPSA) is 74.8 Å². The number of nitrogens with zero attached hydrogens (tertiary/aromatic N) is 3. The highest BCUT2D eigenvalue weighted by molar-refractivity contribution is 6.33. The molecule has 1 fully saturated rings. The van der Waals surface area contributed by atoms with E-state index in [0.29, 0.717) is 42.6 Å². The van der Waals surface area contributed by atoms with Gasteiger partial charge in [-0.15, -0.1) is 0 Å². The van der Waals surface area contributed by atoms with Gasteiger partial charge in [-0.05, 0) is 36.4 Å². The summed E-state index contributed by atoms with van der Waals surface area (Å²) in [7, 11) is 1.62. The average molecular weight is 439 g/mol. The summed E-state index contributed by atoms with van der Waals surface area (Å²) >= 11 is 6.09. The number of para-hydroxylation sites is 1. The van der Waals surface area contributed by atoms with Crippen molar-refractivity contribution in [1.29, 1.82) is 0 Å². The van der Waals surface area contributed by atoms with Crippen molar-refractivity contribution < 1.29 is 14.3 Å². The molecule has 2 heterocycles. The SMILES string of the molecule is COc1ccc2nc(C(=O)N3CCN(CC(=O)Nc4ccccc4Cl)CC3)ccc2c1. The normalized spacial score (nSPS) is 14.5. The summed E-state index contributed by atoms with van der Waals surface area (Å²) in [4.78, 5) is 33.5. The Morgan fingerprint density at radius 2 is 1.84 bits per heavy atom. The van der Waals surface area contributed by atoms with Gasteiger partial charge in [-0.2, -0.15) is 0 Å². The van der Waals surface area contributed by atoms with Crippen molar-refractivity contribution in [1.82, 2.24) is 14.8 Å². The summed E-state index contributed by atoms with van der Waals surface area (Å²) in [6.45, 7) is 2.57. The lowest BCUT2D eigenvalue weighted by molar-refractivity contribution is -0.117. The van der Waals surface area contributed by atoms with E-state index >= 15 is 0 Å². The maximum Gasteiger partial charge on any atom is 0.272 e. The monoisotopic (exact) mass is 438 g/mol. The Balaban J connectivity index is 1.33. The van der Waals surface area contributed by atoms with E-state index < -0.39 is 0 Å². The van der Waals surface area contributed by atoms with Crippen LogP contribution in [0.3, 0.4) is 0 Å². The predicted molar refractivity (Wildman–Crippen MR) is 121 cm³/mol. The lowest BCUT2D eigenvalue weighted by atomic mass is 10.1. The molecule has 0 bridgehead atoms. The lowest BCUT2D eigenvalue weighted by Gasteiger charge is -2.34. The number of halogens is 1. The van der Waals surface area contributed by atoms with Crippen molar-refractivity contribution in [3.8, 4) is 5.75 Å². The van der Waals surface area contributed by atoms with Gasteiger partial charge in [-0.1, -0.05) is 29.8 Å². The lowest BCUT2D eigenvalue weighted by Crippen LogP contribution is -2.50. The summed E-state index contributed by atoms with van der Waals surface area (Å²) in [6, 6.07) is 16.3. The van der Waals surface area contributed by atoms with Crippen molar-refractivity contribution >= 4 is 40.0 Å². The number of fused-ring (bicyclic) bond motifs is 1. The van der Waals surface area contributed by atoms with Crippen LogP contribution < -0.4 is 10.1 Å². The van der Waals surface area contributed by atoms with Gasteiger partial charge in [-0.25, -0.2) is 4.98 Å². The van der Waals surface area contributed by atoms with E-state index in [1.165, 1.54) is 0 Å². The van der Waals surface area contributed by atoms with Gasteiger partial charge in [0, 0.05) is 31.6 Å². The van der Waals surface area contributed by atoms with Crippen LogP contribution in [0.4, 0.5) is 5.69 Å². The molecule has 160 valence electrons. The third kappa shape index (κ3) is 4.95. The maximum atomic E-state index is 12.9. The van der Waals surface area contributed by atoms with E-state index in [1.54, 1.807) is 30.2 Å². The van der Waals surface area contributed by atoms with Crippen molar-refractivity contribution in [2.45, 2.75) is 0 Å². The molecule has 1 saturated heterocycles. The van der Waals surface area contributed by atoms with Crippen molar-refractivity contribution in [2.24, 2.45) is 0 Å². The number of benzene rings is 2. The van der Waals surface area contributed by atoms with Crippen LogP contribution in [0.1, 0.15) is 10.5 Å². The Hall–Kier alpha value is -3.16. The van der Waals surface area contributed by atoms with Gasteiger partial charge in [0.25, 0.3) is 5.91 Å². The number of ether oxygens (including phenoxy) is 1. The largest absolute Gasteiger partial charge is 0.497 e. The minimum absolute atomic E-state index is 0.0992. The Morgan fingerprint density at radius 3 is 2.58 bits per heavy atom. The number of nitrogens with one attached hydrogen (secondary N) is 1. The fraction of sp³-hybridized carbons (Fsp3) is 0.261. The van der Waals surface area contributed by atoms with Crippen LogP contribution >= 0.6 is 11.6 Å². The third-order valence-electron chi connectivity index (χ3n) is 5.29. The highest BCUT2D eigenvalue weighted by Crippen LogP contribution is 2.21. The molecule has 7 nitrogen and oxygen atoms in total. The second kappa shape index (κ2) is 9.32. The molecule has 0 radical (unpaired) electrons. The Morgan fingerprint density at radius 1 is 1.06 bits per heavy atom. The first-order valence-electron chi connectivity index (χ1n) is 10.0. The van der Waals surface area contributed by atoms with Gasteiger partial charge < -0.3 is 15.0 Å². The standard InChI is InChI=1S/C23H23ClN4O3/c1-31-17-7-9-19-16(14-17)6-8-21(25-19)23(30)28-12-10-27(11-13-28)15-22(29)26-20-5-3-2-4-18(20)24/h2-9,14H,10-13,15H2,1H3,(H,26,29). The summed E-state index contributed by atoms with van der Waals surface area (Å²) in [6.07, 6.45) is 0. The highest BCUT2D eigenvalue weighted by Gasteiger charge is 2.24. The molecule has 0 aliphatic carbocycles. The van der Waals surface area contributed by atoms with Gasteiger partial charge in [0.05, 0.1) is 29.9 Å². The van der Waals surface area contributed by atoms with Gasteiger partial charge in [0.2, 0.25) is 5.91 Å². The van der Waals surface area contributed by atoms with E-state index in [9.17, 15) is 9.59 Å². The Kier molecular flexibility index (Phi) is 6.34. The van der Waals surface area contributed by atoms with E-state index in [0.717, 1.165) is 16.7 Å². The number of rotatable bonds is 5. The zero-order valence-corrected chi connectivity index (χ0v) is 17.9. The number of hydrogen-bond acceptors (Lipinski definition) is 5. The first kappa shape index (κ1) is 21.1. The second-order valence-electron chi connectivity index (χ2n) is 7.35. The van der Waals surface area contributed by atoms with Crippen LogP contribution in [0.25, 0.3) is 10.9 Å². The molecule has 0 saturated carbocycles. The first-order chi connectivity index (χ1) is 15.0. The number of piperazine rings is 1. The van der Waals surface area contributed by atoms with Gasteiger partial charge >= 0.3 is 0 Å². The van der Waals surface area contributed by atoms with E-state index in [2.05, 4.69) is 10.3 Å². The zero-order valence-electron chi connectivity index (χ0n) is 17.2. The zero-order chi connectivity index (χ0) is 21.8. The number of amides is 2. The summed E-state index contributed by atoms with van der Waals surface area (Å²) < 4.78 is 5.23. The predicted octanol–water partition coefficient (Wildman–Crippen LogP) is 3.29. The van der Waals surface area contributed by atoms with Gasteiger partial charge in [-0.3, -0.25) is 14.5 Å². The average Bonchev–Trinajstić information content (AvgIpc) is 2.80. The molecule has 1 aliphatic heterocycles. The highest BCUT2D eigenvalue weighted by atomic mass is 35.5. The van der Waals surface area contributed by atoms with Crippen LogP contribution in [-0.2, 0) is 4.79 Å². The fourth-order valence-electron chi connectivity index (χ4n) is 3.58. The number of hydrogen-bond donors (Lipinski definition) is 1. The first-order valence-corrected chi connectivity index (χ1v) is 10.4. The molecule has 3 aromatic rings. The summed E-state index contributed by atoms with van der Waals surface area (Å²) in [5, 5.41) is 4.26. The summed E-state index contributed by atoms with van der Waals surface area (Å²) in [5.41, 5.74) is 1.77. The molecule has 2 aromatic carbocycles. The van der Waals surface area contributed by atoms with Crippen molar-refractivity contribution in [3.63, 3.8) is 0 Å². The van der Waals surface area contributed by atoms with Crippen LogP contribution in [0.2, 0.25) is 5.02 Å². The molecule has 1 aromatic heterocycles. The quantitative estimate of drug-likeness (QED) is 0.661. The second-order valence-corrected chi connectivity index (χ2v) is 7.76. The molecule has 8 heteroatoms. The fourth-order valence-corrected chi connectivity index (χ4v) is 3.76. The molecular formula is C23H23ClN4O3. The minimum atomic E-state index is -0.125. The van der Waals surface area contributed by atoms with Crippen molar-refractivity contribution in [3.05, 3.63) is 65.3 Å². The van der Waals surface area contributed by atoms with E-state index in [-0.39, 0.29) is 18.4 Å². The van der Waals surface area contributed by atoms with E-state index in [4.69, 9.17) is 16.3 Å². The number of carbonyl (C=O) groups excluding carboxylic acids is 2. The van der Waals surface area contributed by atoms with E-state index in [1.807, 2.05) is 41.3 Å². The number of anilines is 1. The number of carbonyl (C=O) groups is 2. The van der Waals surface area contributed by atoms with Crippen LogP contribution in [0.15, 0.2) is 54.6 Å². The van der Waals surface area contributed by atoms with Crippen molar-refractivity contribution in [2.75, 3.05) is 45.2 Å². The number of aromatic nitrogens is 1. The molecule has 1 N–H and O–H groups in total. The minimum Gasteiger partial charge on any atom is -0.497 e. The molecule has 0 atom stereocenters. The molecular weight excluding hydrogens is 416 g/mol. The molecule has 0 unspecified atom stereocenters. The molecule has 31 heavy (non-hydrogen) atoms. The van der Waals surface area contributed by atoms with Crippen LogP contribution in [0.5, 0.6) is 5.75 Å². The van der Waals surface area contributed by atoms with Gasteiger partial charge in [0.1, 0.15) is 11.4 Å².